The third-order valence-corrected chi connectivity index (χ3v) is 6.52. The van der Waals surface area contributed by atoms with E-state index in [9.17, 15) is 14.4 Å². The number of amides is 1. The van der Waals surface area contributed by atoms with Crippen molar-refractivity contribution < 1.29 is 24.2 Å². The van der Waals surface area contributed by atoms with E-state index in [1.165, 1.54) is 0 Å². The first kappa shape index (κ1) is 25.8. The van der Waals surface area contributed by atoms with Gasteiger partial charge in [-0.15, -0.1) is 11.8 Å². The van der Waals surface area contributed by atoms with Gasteiger partial charge in [-0.25, -0.2) is 0 Å². The number of hydrogen-bond acceptors (Lipinski definition) is 5. The zero-order valence-corrected chi connectivity index (χ0v) is 19.2. The fraction of sp³-hybridized carbons (Fsp3) is 0.864. The van der Waals surface area contributed by atoms with E-state index >= 15 is 0 Å². The second-order valence-corrected chi connectivity index (χ2v) is 9.36. The van der Waals surface area contributed by atoms with Gasteiger partial charge >= 0.3 is 11.9 Å². The number of carbonyl (C=O) groups is 3. The summed E-state index contributed by atoms with van der Waals surface area (Å²) >= 11 is 1.69. The number of ether oxygens (including phenoxy) is 1. The van der Waals surface area contributed by atoms with Crippen molar-refractivity contribution >= 4 is 29.6 Å². The number of aliphatic carboxylic acids is 1. The van der Waals surface area contributed by atoms with Crippen LogP contribution in [0.3, 0.4) is 0 Å². The minimum absolute atomic E-state index is 0.119. The molecule has 1 rings (SSSR count). The SMILES string of the molecule is CCCCCC(CCN1C(=O)CSC1CCCCCCC(=O)O)OC(=O)C(C)C. The van der Waals surface area contributed by atoms with Gasteiger partial charge in [0.25, 0.3) is 0 Å². The Bertz CT molecular complexity index is 511. The molecule has 0 aromatic rings. The average Bonchev–Trinajstić information content (AvgIpc) is 3.01. The van der Waals surface area contributed by atoms with Crippen molar-refractivity contribution in [2.45, 2.75) is 103 Å². The molecule has 0 bridgehead atoms. The Morgan fingerprint density at radius 1 is 1.14 bits per heavy atom. The molecule has 0 saturated carbocycles. The molecule has 1 aliphatic heterocycles. The zero-order chi connectivity index (χ0) is 21.6. The average molecular weight is 430 g/mol. The molecule has 0 radical (unpaired) electrons. The number of hydrogen-bond donors (Lipinski definition) is 1. The lowest BCUT2D eigenvalue weighted by Crippen LogP contribution is -2.36. The van der Waals surface area contributed by atoms with Gasteiger partial charge in [-0.1, -0.05) is 52.9 Å². The van der Waals surface area contributed by atoms with Crippen LogP contribution in [0.1, 0.15) is 91.4 Å². The minimum atomic E-state index is -0.736. The Morgan fingerprint density at radius 3 is 2.52 bits per heavy atom. The minimum Gasteiger partial charge on any atom is -0.481 e. The highest BCUT2D eigenvalue weighted by molar-refractivity contribution is 8.00. The van der Waals surface area contributed by atoms with Crippen molar-refractivity contribution in [1.29, 1.82) is 0 Å². The van der Waals surface area contributed by atoms with E-state index in [1.807, 2.05) is 18.7 Å². The van der Waals surface area contributed by atoms with E-state index in [2.05, 4.69) is 6.92 Å². The smallest absolute Gasteiger partial charge is 0.308 e. The predicted octanol–water partition coefficient (Wildman–Crippen LogP) is 4.85. The molecule has 0 spiro atoms. The van der Waals surface area contributed by atoms with Crippen LogP contribution in [-0.2, 0) is 19.1 Å². The van der Waals surface area contributed by atoms with Crippen molar-refractivity contribution in [3.05, 3.63) is 0 Å². The van der Waals surface area contributed by atoms with Crippen LogP contribution in [0.4, 0.5) is 0 Å². The maximum atomic E-state index is 12.3. The van der Waals surface area contributed by atoms with E-state index in [1.54, 1.807) is 11.8 Å². The lowest BCUT2D eigenvalue weighted by molar-refractivity contribution is -0.153. The third kappa shape index (κ3) is 10.9. The Balaban J connectivity index is 2.44. The first-order valence-electron chi connectivity index (χ1n) is 11.2. The van der Waals surface area contributed by atoms with Crippen LogP contribution in [0, 0.1) is 5.92 Å². The number of unbranched alkanes of at least 4 members (excludes halogenated alkanes) is 5. The van der Waals surface area contributed by atoms with Gasteiger partial charge in [0.05, 0.1) is 17.0 Å². The molecular formula is C22H39NO5S. The molecule has 1 saturated heterocycles. The molecule has 7 heteroatoms. The van der Waals surface area contributed by atoms with Gasteiger partial charge in [-0.2, -0.15) is 0 Å². The standard InChI is InChI=1S/C22H39NO5S/c1-4-5-8-11-18(28-22(27)17(2)3)14-15-23-19(24)16-29-20(23)12-9-6-7-10-13-21(25)26/h17-18,20H,4-16H2,1-3H3,(H,25,26). The van der Waals surface area contributed by atoms with E-state index in [4.69, 9.17) is 9.84 Å². The topological polar surface area (TPSA) is 83.9 Å². The van der Waals surface area contributed by atoms with Crippen molar-refractivity contribution in [2.24, 2.45) is 5.92 Å². The van der Waals surface area contributed by atoms with Crippen LogP contribution in [-0.4, -0.2) is 51.6 Å². The number of carbonyl (C=O) groups excluding carboxylic acids is 2. The molecule has 0 aromatic carbocycles. The van der Waals surface area contributed by atoms with Crippen LogP contribution in [0.25, 0.3) is 0 Å². The number of nitrogens with zero attached hydrogens (tertiary/aromatic N) is 1. The molecule has 1 aliphatic rings. The van der Waals surface area contributed by atoms with Gasteiger partial charge in [0.2, 0.25) is 5.91 Å². The summed E-state index contributed by atoms with van der Waals surface area (Å²) in [5.74, 6) is -0.336. The summed E-state index contributed by atoms with van der Waals surface area (Å²) in [4.78, 5) is 36.9. The molecule has 2 atom stereocenters. The second kappa shape index (κ2) is 14.7. The Morgan fingerprint density at radius 2 is 1.86 bits per heavy atom. The molecule has 168 valence electrons. The van der Waals surface area contributed by atoms with Gasteiger partial charge in [0, 0.05) is 19.4 Å². The normalized spacial score (nSPS) is 17.7. The number of carboxylic acids is 1. The predicted molar refractivity (Wildman–Crippen MR) is 117 cm³/mol. The molecule has 0 aliphatic carbocycles. The number of esters is 1. The lowest BCUT2D eigenvalue weighted by Gasteiger charge is -2.27. The second-order valence-electron chi connectivity index (χ2n) is 8.20. The molecule has 1 heterocycles. The van der Waals surface area contributed by atoms with Crippen LogP contribution in [0.15, 0.2) is 0 Å². The highest BCUT2D eigenvalue weighted by Gasteiger charge is 2.31. The van der Waals surface area contributed by atoms with Crippen molar-refractivity contribution in [2.75, 3.05) is 12.3 Å². The highest BCUT2D eigenvalue weighted by atomic mass is 32.2. The lowest BCUT2D eigenvalue weighted by atomic mass is 10.1. The number of carboxylic acid groups (broad SMARTS) is 1. The summed E-state index contributed by atoms with van der Waals surface area (Å²) in [7, 11) is 0. The van der Waals surface area contributed by atoms with Crippen molar-refractivity contribution in [3.63, 3.8) is 0 Å². The Kier molecular flexibility index (Phi) is 13.1. The molecule has 29 heavy (non-hydrogen) atoms. The quantitative estimate of drug-likeness (QED) is 0.279. The monoisotopic (exact) mass is 429 g/mol. The van der Waals surface area contributed by atoms with E-state index < -0.39 is 5.97 Å². The number of rotatable bonds is 16. The summed E-state index contributed by atoms with van der Waals surface area (Å²) in [6.45, 7) is 6.48. The summed E-state index contributed by atoms with van der Waals surface area (Å²) < 4.78 is 5.70. The molecule has 6 nitrogen and oxygen atoms in total. The Hall–Kier alpha value is -1.24. The molecule has 1 amide bonds. The van der Waals surface area contributed by atoms with Gasteiger partial charge in [-0.3, -0.25) is 14.4 Å². The first-order valence-corrected chi connectivity index (χ1v) is 12.2. The molecule has 1 fully saturated rings. The maximum Gasteiger partial charge on any atom is 0.308 e. The third-order valence-electron chi connectivity index (χ3n) is 5.23. The highest BCUT2D eigenvalue weighted by Crippen LogP contribution is 2.30. The molecule has 2 unspecified atom stereocenters. The summed E-state index contributed by atoms with van der Waals surface area (Å²) in [6.07, 6.45) is 9.53. The summed E-state index contributed by atoms with van der Waals surface area (Å²) in [5, 5.41) is 8.88. The van der Waals surface area contributed by atoms with Gasteiger partial charge in [0.1, 0.15) is 6.10 Å². The molecule has 0 aromatic heterocycles. The fourth-order valence-electron chi connectivity index (χ4n) is 3.43. The van der Waals surface area contributed by atoms with Gasteiger partial charge in [0.15, 0.2) is 0 Å². The van der Waals surface area contributed by atoms with Crippen LogP contribution in [0.2, 0.25) is 0 Å². The maximum absolute atomic E-state index is 12.3. The van der Waals surface area contributed by atoms with E-state index in [0.29, 0.717) is 18.7 Å². The van der Waals surface area contributed by atoms with E-state index in [-0.39, 0.29) is 35.7 Å². The van der Waals surface area contributed by atoms with E-state index in [0.717, 1.165) is 57.8 Å². The Labute approximate surface area is 180 Å². The van der Waals surface area contributed by atoms with Gasteiger partial charge < -0.3 is 14.7 Å². The van der Waals surface area contributed by atoms with Crippen LogP contribution >= 0.6 is 11.8 Å². The van der Waals surface area contributed by atoms with Gasteiger partial charge in [-0.05, 0) is 25.7 Å². The molecule has 1 N–H and O–H groups in total. The summed E-state index contributed by atoms with van der Waals surface area (Å²) in [5.41, 5.74) is 0. The molecular weight excluding hydrogens is 390 g/mol. The largest absolute Gasteiger partial charge is 0.481 e. The fourth-order valence-corrected chi connectivity index (χ4v) is 4.66. The first-order chi connectivity index (χ1) is 13.8. The zero-order valence-electron chi connectivity index (χ0n) is 18.4. The van der Waals surface area contributed by atoms with Crippen molar-refractivity contribution in [3.8, 4) is 0 Å². The van der Waals surface area contributed by atoms with Crippen LogP contribution < -0.4 is 0 Å². The van der Waals surface area contributed by atoms with Crippen molar-refractivity contribution in [1.82, 2.24) is 4.90 Å². The van der Waals surface area contributed by atoms with Crippen LogP contribution in [0.5, 0.6) is 0 Å². The summed E-state index contributed by atoms with van der Waals surface area (Å²) in [6, 6.07) is 0. The number of thioether (sulfide) groups is 1.